The first-order valence-electron chi connectivity index (χ1n) is 6.09. The zero-order valence-corrected chi connectivity index (χ0v) is 10.6. The fraction of sp³-hybridized carbons (Fsp3) is 0.583. The average Bonchev–Trinajstić information content (AvgIpc) is 3.06. The van der Waals surface area contributed by atoms with E-state index in [4.69, 9.17) is 5.11 Å². The number of nitrogens with zero attached hydrogens (tertiary/aromatic N) is 3. The second-order valence-electron chi connectivity index (χ2n) is 4.52. The highest BCUT2D eigenvalue weighted by molar-refractivity contribution is 5.88. The van der Waals surface area contributed by atoms with Gasteiger partial charge in [0.05, 0.1) is 11.9 Å². The Hall–Kier alpha value is -1.85. The Labute approximate surface area is 105 Å². The molecule has 98 valence electrons. The molecule has 18 heavy (non-hydrogen) atoms. The Morgan fingerprint density at radius 3 is 2.67 bits per heavy atom. The van der Waals surface area contributed by atoms with Crippen molar-refractivity contribution in [2.45, 2.75) is 39.3 Å². The van der Waals surface area contributed by atoms with Crippen LogP contribution >= 0.6 is 0 Å². The molecule has 1 amide bonds. The first-order chi connectivity index (χ1) is 8.54. The smallest absolute Gasteiger partial charge is 0.339 e. The molecule has 1 aromatic heterocycles. The minimum atomic E-state index is -1.01. The van der Waals surface area contributed by atoms with Crippen LogP contribution in [-0.2, 0) is 11.3 Å². The van der Waals surface area contributed by atoms with Crippen molar-refractivity contribution in [1.29, 1.82) is 0 Å². The monoisotopic (exact) mass is 251 g/mol. The lowest BCUT2D eigenvalue weighted by Crippen LogP contribution is -2.35. The molecule has 2 rings (SSSR count). The molecule has 1 aliphatic carbocycles. The number of rotatable bonds is 5. The van der Waals surface area contributed by atoms with Crippen molar-refractivity contribution in [3.8, 4) is 0 Å². The van der Waals surface area contributed by atoms with Gasteiger partial charge in [0.1, 0.15) is 12.1 Å². The van der Waals surface area contributed by atoms with Gasteiger partial charge in [-0.2, -0.15) is 5.10 Å². The summed E-state index contributed by atoms with van der Waals surface area (Å²) in [6.07, 6.45) is 3.43. The van der Waals surface area contributed by atoms with Gasteiger partial charge >= 0.3 is 5.97 Å². The Balaban J connectivity index is 2.09. The van der Waals surface area contributed by atoms with E-state index in [9.17, 15) is 9.59 Å². The minimum absolute atomic E-state index is 0.00291. The number of carboxylic acid groups (broad SMARTS) is 1. The molecule has 0 saturated heterocycles. The third kappa shape index (κ3) is 2.37. The number of aromatic carboxylic acids is 1. The van der Waals surface area contributed by atoms with Crippen LogP contribution in [0.2, 0.25) is 0 Å². The van der Waals surface area contributed by atoms with Crippen molar-refractivity contribution in [2.24, 2.45) is 0 Å². The number of likely N-dealkylation sites (N-methyl/N-ethyl adjacent to an activating group) is 1. The van der Waals surface area contributed by atoms with Crippen LogP contribution in [0.3, 0.4) is 0 Å². The van der Waals surface area contributed by atoms with Crippen LogP contribution in [0.1, 0.15) is 35.8 Å². The number of aromatic nitrogens is 2. The summed E-state index contributed by atoms with van der Waals surface area (Å²) in [7, 11) is 0. The van der Waals surface area contributed by atoms with E-state index < -0.39 is 5.97 Å². The van der Waals surface area contributed by atoms with Crippen molar-refractivity contribution in [3.05, 3.63) is 17.5 Å². The lowest BCUT2D eigenvalue weighted by molar-refractivity contribution is -0.132. The van der Waals surface area contributed by atoms with Gasteiger partial charge in [0, 0.05) is 12.6 Å². The fourth-order valence-electron chi connectivity index (χ4n) is 2.06. The lowest BCUT2D eigenvalue weighted by atomic mass is 10.3. The molecule has 0 radical (unpaired) electrons. The molecule has 1 aromatic rings. The standard InChI is InChI=1S/C12H17N3O3/c1-3-14(9-4-5-9)11(16)7-15-8(2)10(6-13-15)12(17)18/h6,9H,3-5,7H2,1-2H3,(H,17,18). The van der Waals surface area contributed by atoms with E-state index in [0.717, 1.165) is 12.8 Å². The highest BCUT2D eigenvalue weighted by atomic mass is 16.4. The Bertz CT molecular complexity index is 477. The van der Waals surface area contributed by atoms with Gasteiger partial charge in [-0.3, -0.25) is 9.48 Å². The van der Waals surface area contributed by atoms with E-state index in [-0.39, 0.29) is 18.0 Å². The maximum absolute atomic E-state index is 12.1. The van der Waals surface area contributed by atoms with Crippen LogP contribution in [-0.4, -0.2) is 44.3 Å². The van der Waals surface area contributed by atoms with E-state index in [1.54, 1.807) is 6.92 Å². The van der Waals surface area contributed by atoms with Crippen LogP contribution in [0.4, 0.5) is 0 Å². The van der Waals surface area contributed by atoms with Crippen molar-refractivity contribution in [2.75, 3.05) is 6.54 Å². The largest absolute Gasteiger partial charge is 0.478 e. The molecule has 1 fully saturated rings. The summed E-state index contributed by atoms with van der Waals surface area (Å²) in [5, 5.41) is 12.9. The molecule has 1 heterocycles. The number of amides is 1. The first kappa shape index (κ1) is 12.6. The lowest BCUT2D eigenvalue weighted by Gasteiger charge is -2.20. The van der Waals surface area contributed by atoms with Crippen LogP contribution in [0.15, 0.2) is 6.20 Å². The van der Waals surface area contributed by atoms with Gasteiger partial charge in [0.2, 0.25) is 5.91 Å². The van der Waals surface area contributed by atoms with Gasteiger partial charge in [0.25, 0.3) is 0 Å². The number of carboxylic acids is 1. The molecule has 0 atom stereocenters. The predicted molar refractivity (Wildman–Crippen MR) is 64.3 cm³/mol. The van der Waals surface area contributed by atoms with Crippen LogP contribution in [0.5, 0.6) is 0 Å². The van der Waals surface area contributed by atoms with Crippen molar-refractivity contribution >= 4 is 11.9 Å². The van der Waals surface area contributed by atoms with Gasteiger partial charge in [-0.1, -0.05) is 0 Å². The second-order valence-corrected chi connectivity index (χ2v) is 4.52. The number of hydrogen-bond acceptors (Lipinski definition) is 3. The molecule has 0 unspecified atom stereocenters. The Morgan fingerprint density at radius 2 is 2.22 bits per heavy atom. The average molecular weight is 251 g/mol. The van der Waals surface area contributed by atoms with Crippen LogP contribution < -0.4 is 0 Å². The predicted octanol–water partition coefficient (Wildman–Crippen LogP) is 0.901. The molecule has 6 heteroatoms. The molecular formula is C12H17N3O3. The molecule has 6 nitrogen and oxygen atoms in total. The summed E-state index contributed by atoms with van der Waals surface area (Å²) >= 11 is 0. The van der Waals surface area contributed by atoms with E-state index in [0.29, 0.717) is 18.3 Å². The van der Waals surface area contributed by atoms with E-state index >= 15 is 0 Å². The normalized spacial score (nSPS) is 14.6. The maximum atomic E-state index is 12.1. The molecule has 0 bridgehead atoms. The summed E-state index contributed by atoms with van der Waals surface area (Å²) in [6.45, 7) is 4.42. The third-order valence-corrected chi connectivity index (χ3v) is 3.27. The zero-order chi connectivity index (χ0) is 13.3. The SMILES string of the molecule is CCN(C(=O)Cn1ncc(C(=O)O)c1C)C1CC1. The van der Waals surface area contributed by atoms with Crippen LogP contribution in [0.25, 0.3) is 0 Å². The number of hydrogen-bond donors (Lipinski definition) is 1. The summed E-state index contributed by atoms with van der Waals surface area (Å²) in [4.78, 5) is 24.8. The highest BCUT2D eigenvalue weighted by Crippen LogP contribution is 2.26. The second kappa shape index (κ2) is 4.80. The first-order valence-corrected chi connectivity index (χ1v) is 6.09. The van der Waals surface area contributed by atoms with Gasteiger partial charge in [-0.25, -0.2) is 4.79 Å². The van der Waals surface area contributed by atoms with Gasteiger partial charge in [0.15, 0.2) is 0 Å². The van der Waals surface area contributed by atoms with Gasteiger partial charge in [-0.05, 0) is 26.7 Å². The molecule has 1 saturated carbocycles. The Kier molecular flexibility index (Phi) is 3.36. The molecular weight excluding hydrogens is 234 g/mol. The molecule has 1 N–H and O–H groups in total. The van der Waals surface area contributed by atoms with Crippen molar-refractivity contribution in [1.82, 2.24) is 14.7 Å². The topological polar surface area (TPSA) is 75.4 Å². The van der Waals surface area contributed by atoms with Gasteiger partial charge < -0.3 is 10.0 Å². The summed E-state index contributed by atoms with van der Waals surface area (Å²) in [5.74, 6) is -1.01. The minimum Gasteiger partial charge on any atom is -0.478 e. The van der Waals surface area contributed by atoms with Crippen molar-refractivity contribution < 1.29 is 14.7 Å². The van der Waals surface area contributed by atoms with Crippen molar-refractivity contribution in [3.63, 3.8) is 0 Å². The van der Waals surface area contributed by atoms with E-state index in [1.165, 1.54) is 10.9 Å². The zero-order valence-electron chi connectivity index (χ0n) is 10.6. The highest BCUT2D eigenvalue weighted by Gasteiger charge is 2.31. The van der Waals surface area contributed by atoms with Crippen LogP contribution in [0, 0.1) is 6.92 Å². The summed E-state index contributed by atoms with van der Waals surface area (Å²) < 4.78 is 1.46. The molecule has 0 spiro atoms. The molecule has 1 aliphatic rings. The number of carbonyl (C=O) groups excluding carboxylic acids is 1. The fourth-order valence-corrected chi connectivity index (χ4v) is 2.06. The summed E-state index contributed by atoms with van der Waals surface area (Å²) in [5.41, 5.74) is 0.667. The summed E-state index contributed by atoms with van der Waals surface area (Å²) in [6, 6.07) is 0.373. The van der Waals surface area contributed by atoms with E-state index in [2.05, 4.69) is 5.10 Å². The third-order valence-electron chi connectivity index (χ3n) is 3.27. The molecule has 0 aromatic carbocycles. The van der Waals surface area contributed by atoms with E-state index in [1.807, 2.05) is 11.8 Å². The maximum Gasteiger partial charge on any atom is 0.339 e. The van der Waals surface area contributed by atoms with Gasteiger partial charge in [-0.15, -0.1) is 0 Å². The molecule has 0 aliphatic heterocycles. The quantitative estimate of drug-likeness (QED) is 0.843. The number of carbonyl (C=O) groups is 2. The Morgan fingerprint density at radius 1 is 1.56 bits per heavy atom.